The Hall–Kier alpha value is -7.10. The van der Waals surface area contributed by atoms with Crippen molar-refractivity contribution < 1.29 is 66.5 Å². The molecule has 2 aliphatic rings. The van der Waals surface area contributed by atoms with Gasteiger partial charge in [0.1, 0.15) is 17.8 Å². The van der Waals surface area contributed by atoms with E-state index in [9.17, 15) is 19.2 Å². The van der Waals surface area contributed by atoms with Crippen molar-refractivity contribution in [3.05, 3.63) is 101 Å². The van der Waals surface area contributed by atoms with Gasteiger partial charge in [-0.1, -0.05) is 58.5 Å². The summed E-state index contributed by atoms with van der Waals surface area (Å²) in [6, 6.07) is 18.0. The first-order valence-corrected chi connectivity index (χ1v) is 28.6. The van der Waals surface area contributed by atoms with Crippen LogP contribution in [0, 0.1) is 6.92 Å². The third kappa shape index (κ3) is 17.5. The summed E-state index contributed by atoms with van der Waals surface area (Å²) in [5.74, 6) is 3.14. The number of hydrogen-bond acceptors (Lipinski definition) is 14. The molecule has 4 aromatic carbocycles. The maximum atomic E-state index is 13.9. The Morgan fingerprint density at radius 2 is 0.938 bits per heavy atom. The molecule has 16 heteroatoms. The van der Waals surface area contributed by atoms with E-state index < -0.39 is 18.0 Å². The van der Waals surface area contributed by atoms with Crippen LogP contribution in [-0.4, -0.2) is 128 Å². The summed E-state index contributed by atoms with van der Waals surface area (Å²) < 4.78 is 55.3. The number of likely N-dealkylation sites (tertiary alicyclic amines) is 2. The molecule has 2 heterocycles. The number of amides is 2. The molecule has 0 aliphatic carbocycles. The highest BCUT2D eigenvalue weighted by Crippen LogP contribution is 2.42. The van der Waals surface area contributed by atoms with E-state index >= 15 is 0 Å². The Morgan fingerprint density at radius 3 is 1.35 bits per heavy atom. The van der Waals surface area contributed by atoms with Crippen molar-refractivity contribution in [2.75, 3.05) is 70.0 Å². The van der Waals surface area contributed by atoms with Crippen LogP contribution in [0.2, 0.25) is 0 Å². The Kier molecular flexibility index (Phi) is 27.6. The number of ether oxygens (including phenoxy) is 10. The molecular formula is C65H92N2O14. The van der Waals surface area contributed by atoms with Crippen molar-refractivity contribution >= 4 is 29.8 Å². The molecule has 0 radical (unpaired) electrons. The van der Waals surface area contributed by atoms with Crippen LogP contribution in [0.15, 0.2) is 67.2 Å². The predicted octanol–water partition coefficient (Wildman–Crippen LogP) is 12.3. The summed E-state index contributed by atoms with van der Waals surface area (Å²) >= 11 is 0. The summed E-state index contributed by atoms with van der Waals surface area (Å²) in [5, 5.41) is 0. The van der Waals surface area contributed by atoms with Crippen LogP contribution in [0.3, 0.4) is 0 Å². The number of piperidine rings is 2. The quantitative estimate of drug-likeness (QED) is 0.0575. The molecule has 4 aromatic rings. The van der Waals surface area contributed by atoms with E-state index in [0.29, 0.717) is 98.3 Å². The second-order valence-electron chi connectivity index (χ2n) is 20.1. The van der Waals surface area contributed by atoms with Gasteiger partial charge in [0.05, 0.1) is 80.9 Å². The fourth-order valence-corrected chi connectivity index (χ4v) is 10.6. The van der Waals surface area contributed by atoms with Gasteiger partial charge in [-0.2, -0.15) is 0 Å². The molecule has 0 spiro atoms. The summed E-state index contributed by atoms with van der Waals surface area (Å²) in [6.07, 6.45) is 9.79. The first kappa shape index (κ1) is 66.4. The van der Waals surface area contributed by atoms with Gasteiger partial charge < -0.3 is 57.2 Å². The fraction of sp³-hybridized carbons (Fsp3) is 0.538. The molecule has 0 bridgehead atoms. The zero-order valence-electron chi connectivity index (χ0n) is 51.0. The van der Waals surface area contributed by atoms with E-state index in [1.165, 1.54) is 0 Å². The van der Waals surface area contributed by atoms with Crippen LogP contribution < -0.4 is 37.9 Å². The molecule has 16 nitrogen and oxygen atoms in total. The van der Waals surface area contributed by atoms with Crippen molar-refractivity contribution in [1.82, 2.24) is 9.80 Å². The summed E-state index contributed by atoms with van der Waals surface area (Å²) in [7, 11) is 12.7. The SMILES string of the molecule is C=Cc1cc(CCC(C)OC(=O)C2CCCCN2C(=O)C(CC)c2cc(C)c(OC)c(OC)c2)ccc1OC.CC.CCC(C(=O)N1CCCCC1C(=O)OC(C)CCc1ccc(OC)c(OC)c1)c1cc(OC)c(OC)c(OC)c1. The number of aryl methyl sites for hydroxylation is 3. The van der Waals surface area contributed by atoms with Crippen LogP contribution in [0.5, 0.6) is 46.0 Å². The molecule has 2 saturated heterocycles. The molecule has 6 rings (SSSR count). The van der Waals surface area contributed by atoms with Crippen LogP contribution in [0.1, 0.15) is 151 Å². The monoisotopic (exact) mass is 1120 g/mol. The zero-order valence-corrected chi connectivity index (χ0v) is 51.0. The third-order valence-corrected chi connectivity index (χ3v) is 15.0. The average Bonchev–Trinajstić information content (AvgIpc) is 3.56. The molecule has 6 atom stereocenters. The molecular weight excluding hydrogens is 1030 g/mol. The van der Waals surface area contributed by atoms with Gasteiger partial charge in [0.25, 0.3) is 0 Å². The molecule has 81 heavy (non-hydrogen) atoms. The van der Waals surface area contributed by atoms with Crippen molar-refractivity contribution in [1.29, 1.82) is 0 Å². The first-order valence-electron chi connectivity index (χ1n) is 28.6. The minimum atomic E-state index is -0.610. The van der Waals surface area contributed by atoms with Gasteiger partial charge in [-0.25, -0.2) is 9.59 Å². The second kappa shape index (κ2) is 33.6. The molecule has 0 aromatic heterocycles. The lowest BCUT2D eigenvalue weighted by Crippen LogP contribution is -2.50. The van der Waals surface area contributed by atoms with Crippen LogP contribution in [-0.2, 0) is 41.5 Å². The highest BCUT2D eigenvalue weighted by Gasteiger charge is 2.39. The molecule has 2 amide bonds. The highest BCUT2D eigenvalue weighted by atomic mass is 16.6. The van der Waals surface area contributed by atoms with Crippen molar-refractivity contribution in [3.8, 4) is 46.0 Å². The minimum absolute atomic E-state index is 0.0476. The Morgan fingerprint density at radius 1 is 0.531 bits per heavy atom. The third-order valence-electron chi connectivity index (χ3n) is 15.0. The van der Waals surface area contributed by atoms with Crippen LogP contribution >= 0.6 is 0 Å². The topological polar surface area (TPSA) is 167 Å². The second-order valence-corrected chi connectivity index (χ2v) is 20.1. The van der Waals surface area contributed by atoms with E-state index in [-0.39, 0.29) is 41.9 Å². The molecule has 0 saturated carbocycles. The summed E-state index contributed by atoms with van der Waals surface area (Å²) in [4.78, 5) is 57.8. The average molecular weight is 1130 g/mol. The van der Waals surface area contributed by atoms with Crippen LogP contribution in [0.25, 0.3) is 6.08 Å². The number of nitrogens with zero attached hydrogens (tertiary/aromatic N) is 2. The van der Waals surface area contributed by atoms with E-state index in [0.717, 1.165) is 71.2 Å². The molecule has 2 fully saturated rings. The molecule has 2 aliphatic heterocycles. The maximum Gasteiger partial charge on any atom is 0.329 e. The number of esters is 2. The van der Waals surface area contributed by atoms with E-state index in [2.05, 4.69) is 6.58 Å². The van der Waals surface area contributed by atoms with Crippen molar-refractivity contribution in [2.24, 2.45) is 0 Å². The number of carbonyl (C=O) groups is 4. The Bertz CT molecular complexity index is 2650. The number of carbonyl (C=O) groups excluding carboxylic acids is 4. The molecule has 446 valence electrons. The first-order chi connectivity index (χ1) is 39.1. The summed E-state index contributed by atoms with van der Waals surface area (Å²) in [6.45, 7) is 18.6. The Labute approximate surface area is 482 Å². The Balaban J connectivity index is 0.000000338. The van der Waals surface area contributed by atoms with E-state index in [4.69, 9.17) is 47.4 Å². The van der Waals surface area contributed by atoms with Gasteiger partial charge in [-0.15, -0.1) is 0 Å². The smallest absolute Gasteiger partial charge is 0.329 e. The van der Waals surface area contributed by atoms with Gasteiger partial charge in [-0.05, 0) is 168 Å². The highest BCUT2D eigenvalue weighted by molar-refractivity contribution is 5.90. The summed E-state index contributed by atoms with van der Waals surface area (Å²) in [5.41, 5.74) is 5.64. The molecule has 0 N–H and O–H groups in total. The van der Waals surface area contributed by atoms with E-state index in [1.54, 1.807) is 84.9 Å². The lowest BCUT2D eigenvalue weighted by atomic mass is 9.91. The largest absolute Gasteiger partial charge is 0.496 e. The zero-order chi connectivity index (χ0) is 59.8. The van der Waals surface area contributed by atoms with Gasteiger partial charge in [0.15, 0.2) is 34.5 Å². The number of methoxy groups -OCH3 is 8. The number of benzene rings is 4. The molecule has 6 unspecified atom stereocenters. The number of hydrogen-bond donors (Lipinski definition) is 0. The standard InChI is InChI=1S/C32H43NO6.C31H43NO8.C2H6/c1-8-24-19-23(15-16-28(24)36-5)14-13-22(4)39-32(35)27-12-10-11-17-33(27)31(34)26(9-2)25-18-21(3)30(38-7)29(20-25)37-6;1-8-23(22-18-27(37-5)29(39-7)28(19-22)38-6)30(33)32-16-10-9-11-24(32)31(34)40-20(2)12-13-21-14-15-25(35-3)26(17-21)36-4;1-2/h8,15-16,18-20,22,26-27H,1,9-14,17H2,2-7H3;14-15,17-20,23-24H,8-13,16H2,1-7H3;1-2H3. The lowest BCUT2D eigenvalue weighted by molar-refractivity contribution is -0.161. The number of rotatable bonds is 25. The van der Waals surface area contributed by atoms with Gasteiger partial charge in [-0.3, -0.25) is 9.59 Å². The fourth-order valence-electron chi connectivity index (χ4n) is 10.6. The van der Waals surface area contributed by atoms with Crippen molar-refractivity contribution in [3.63, 3.8) is 0 Å². The van der Waals surface area contributed by atoms with Gasteiger partial charge in [0.2, 0.25) is 17.6 Å². The maximum absolute atomic E-state index is 13.9. The van der Waals surface area contributed by atoms with Crippen molar-refractivity contribution in [2.45, 2.75) is 162 Å². The predicted molar refractivity (Wildman–Crippen MR) is 317 cm³/mol. The van der Waals surface area contributed by atoms with Crippen LogP contribution in [0.4, 0.5) is 0 Å². The van der Waals surface area contributed by atoms with E-state index in [1.807, 2.05) is 97.0 Å². The van der Waals surface area contributed by atoms with Gasteiger partial charge in [0, 0.05) is 18.7 Å². The van der Waals surface area contributed by atoms with Gasteiger partial charge >= 0.3 is 11.9 Å². The lowest BCUT2D eigenvalue weighted by Gasteiger charge is -2.37. The minimum Gasteiger partial charge on any atom is -0.496 e. The normalized spacial score (nSPS) is 16.2.